The first-order valence-electron chi connectivity index (χ1n) is 5.84. The van der Waals surface area contributed by atoms with Gasteiger partial charge in [-0.1, -0.05) is 71.8 Å². The van der Waals surface area contributed by atoms with Crippen molar-refractivity contribution in [1.82, 2.24) is 0 Å². The molecule has 0 aromatic heterocycles. The first-order chi connectivity index (χ1) is 9.24. The molecule has 1 radical (unpaired) electrons. The van der Waals surface area contributed by atoms with Crippen molar-refractivity contribution in [1.29, 1.82) is 0 Å². The molecule has 0 N–H and O–H groups in total. The third kappa shape index (κ3) is 27.4. The Morgan fingerprint density at radius 3 is 0.818 bits per heavy atom. The summed E-state index contributed by atoms with van der Waals surface area (Å²) in [6.07, 6.45) is 0. The summed E-state index contributed by atoms with van der Waals surface area (Å²) in [5.74, 6) is 0. The van der Waals surface area contributed by atoms with Gasteiger partial charge in [-0.15, -0.1) is 0 Å². The Morgan fingerprint density at radius 1 is 0.545 bits per heavy atom. The SMILES string of the molecule is Cc1ccccc1.Cc1ccccc1.F[P-](F)(F)(F)(F)F.[Tc]. The fourth-order valence-corrected chi connectivity index (χ4v) is 1.07. The van der Waals surface area contributed by atoms with Crippen LogP contribution in [0.1, 0.15) is 11.1 Å². The summed E-state index contributed by atoms with van der Waals surface area (Å²) < 4.78 is 59.2. The van der Waals surface area contributed by atoms with Gasteiger partial charge < -0.3 is 0 Å². The smallest absolute Gasteiger partial charge is 0 e. The molecule has 0 amide bonds. The number of rotatable bonds is 0. The Morgan fingerprint density at radius 2 is 0.727 bits per heavy atom. The molecule has 0 spiro atoms. The van der Waals surface area contributed by atoms with Crippen molar-refractivity contribution in [2.24, 2.45) is 0 Å². The zero-order valence-electron chi connectivity index (χ0n) is 11.9. The van der Waals surface area contributed by atoms with E-state index in [-0.39, 0.29) is 20.1 Å². The molecule has 0 bridgehead atoms. The third-order valence-electron chi connectivity index (χ3n) is 1.88. The van der Waals surface area contributed by atoms with Crippen LogP contribution in [-0.2, 0) is 20.1 Å². The van der Waals surface area contributed by atoms with Crippen LogP contribution in [0, 0.1) is 13.8 Å². The third-order valence-corrected chi connectivity index (χ3v) is 1.88. The molecule has 0 aliphatic rings. The summed E-state index contributed by atoms with van der Waals surface area (Å²) >= 11 is 0. The molecule has 0 aliphatic heterocycles. The van der Waals surface area contributed by atoms with Crippen LogP contribution in [0.5, 0.6) is 0 Å². The molecule has 0 unspecified atom stereocenters. The van der Waals surface area contributed by atoms with Gasteiger partial charge in [-0.3, -0.25) is 0 Å². The van der Waals surface area contributed by atoms with Crippen molar-refractivity contribution < 1.29 is 45.3 Å². The van der Waals surface area contributed by atoms with Gasteiger partial charge in [0.15, 0.2) is 0 Å². The topological polar surface area (TPSA) is 0 Å². The van der Waals surface area contributed by atoms with Gasteiger partial charge in [0.1, 0.15) is 0 Å². The van der Waals surface area contributed by atoms with Crippen LogP contribution in [0.3, 0.4) is 0 Å². The molecule has 0 heterocycles. The van der Waals surface area contributed by atoms with E-state index in [9.17, 15) is 25.2 Å². The summed E-state index contributed by atoms with van der Waals surface area (Å²) in [6.45, 7) is 4.17. The zero-order valence-corrected chi connectivity index (χ0v) is 14.6. The Bertz CT molecular complexity index is 476. The van der Waals surface area contributed by atoms with Gasteiger partial charge >= 0.3 is 33.0 Å². The van der Waals surface area contributed by atoms with Gasteiger partial charge in [0.05, 0.1) is 0 Å². The second-order valence-corrected chi connectivity index (χ2v) is 6.18. The van der Waals surface area contributed by atoms with Gasteiger partial charge in [-0.2, -0.15) is 0 Å². The van der Waals surface area contributed by atoms with E-state index in [1.807, 2.05) is 36.4 Å². The molecule has 127 valence electrons. The van der Waals surface area contributed by atoms with Gasteiger partial charge in [-0.05, 0) is 13.8 Å². The van der Waals surface area contributed by atoms with Crippen molar-refractivity contribution in [3.63, 3.8) is 0 Å². The predicted molar refractivity (Wildman–Crippen MR) is 75.9 cm³/mol. The standard InChI is InChI=1S/2C7H8.F6P.Tc/c2*1-7-5-3-2-4-6-7;1-7(2,3,4,5)6;/h2*2-6H,1H3;;/q;;-1;. The quantitative estimate of drug-likeness (QED) is 0.304. The van der Waals surface area contributed by atoms with E-state index < -0.39 is 7.81 Å². The summed E-state index contributed by atoms with van der Waals surface area (Å²) in [6, 6.07) is 20.5. The molecule has 0 aliphatic carbocycles. The van der Waals surface area contributed by atoms with Crippen LogP contribution in [-0.4, -0.2) is 0 Å². The van der Waals surface area contributed by atoms with Crippen molar-refractivity contribution in [3.05, 3.63) is 71.8 Å². The minimum absolute atomic E-state index is 0. The molecule has 8 heteroatoms. The van der Waals surface area contributed by atoms with Crippen LogP contribution < -0.4 is 0 Å². The van der Waals surface area contributed by atoms with Crippen LogP contribution in [0.2, 0.25) is 0 Å². The zero-order chi connectivity index (χ0) is 16.6. The molecule has 0 fully saturated rings. The van der Waals surface area contributed by atoms with E-state index in [0.29, 0.717) is 0 Å². The molecular weight excluding hydrogens is 411 g/mol. The first kappa shape index (κ1) is 23.4. The number of hydrogen-bond acceptors (Lipinski definition) is 0. The number of halogens is 6. The van der Waals surface area contributed by atoms with E-state index >= 15 is 0 Å². The molecule has 22 heavy (non-hydrogen) atoms. The fraction of sp³-hybridized carbons (Fsp3) is 0.143. The minimum Gasteiger partial charge on any atom is 0 e. The Hall–Kier alpha value is -0.901. The van der Waals surface area contributed by atoms with Crippen molar-refractivity contribution in [3.8, 4) is 0 Å². The monoisotopic (exact) mass is 426 g/mol. The average Bonchev–Trinajstić information content (AvgIpc) is 2.27. The predicted octanol–water partition coefficient (Wildman–Crippen LogP) is 7.37. The first-order valence-corrected chi connectivity index (χ1v) is 7.86. The average molecular weight is 427 g/mol. The van der Waals surface area contributed by atoms with Crippen LogP contribution in [0.15, 0.2) is 60.7 Å². The second-order valence-electron chi connectivity index (χ2n) is 4.27. The maximum absolute atomic E-state index is 10.7. The van der Waals surface area contributed by atoms with Gasteiger partial charge in [0.25, 0.3) is 0 Å². The van der Waals surface area contributed by atoms with E-state index in [2.05, 4.69) is 38.1 Å². The molecule has 0 atom stereocenters. The maximum atomic E-state index is 9.87. The molecule has 0 saturated heterocycles. The van der Waals surface area contributed by atoms with E-state index in [0.717, 1.165) is 0 Å². The minimum atomic E-state index is -10.7. The molecule has 2 aromatic carbocycles. The number of benzene rings is 2. The summed E-state index contributed by atoms with van der Waals surface area (Å²) in [4.78, 5) is 0. The van der Waals surface area contributed by atoms with Crippen molar-refractivity contribution in [2.75, 3.05) is 0 Å². The summed E-state index contributed by atoms with van der Waals surface area (Å²) in [5, 5.41) is 0. The van der Waals surface area contributed by atoms with E-state index in [1.54, 1.807) is 0 Å². The summed E-state index contributed by atoms with van der Waals surface area (Å²) in [7, 11) is -10.7. The number of hydrogen-bond donors (Lipinski definition) is 0. The Kier molecular flexibility index (Phi) is 8.60. The largest absolute Gasteiger partial charge is 0 e. The molecule has 0 nitrogen and oxygen atoms in total. The Balaban J connectivity index is 0. The Labute approximate surface area is 139 Å². The van der Waals surface area contributed by atoms with Crippen LogP contribution in [0.4, 0.5) is 25.2 Å². The fourth-order valence-electron chi connectivity index (χ4n) is 1.07. The second kappa shape index (κ2) is 8.09. The van der Waals surface area contributed by atoms with Gasteiger partial charge in [0.2, 0.25) is 0 Å². The van der Waals surface area contributed by atoms with Crippen molar-refractivity contribution >= 4 is 7.81 Å². The van der Waals surface area contributed by atoms with Gasteiger partial charge in [-0.25, -0.2) is 0 Å². The number of aryl methyl sites for hydroxylation is 2. The maximum Gasteiger partial charge on any atom is 0 e. The van der Waals surface area contributed by atoms with Crippen LogP contribution >= 0.6 is 7.81 Å². The van der Waals surface area contributed by atoms with E-state index in [4.69, 9.17) is 0 Å². The normalized spacial score (nSPS) is 12.9. The molecule has 0 saturated carbocycles. The molecular formula is C14H16F6PTc-. The van der Waals surface area contributed by atoms with Gasteiger partial charge in [0, 0.05) is 20.1 Å². The van der Waals surface area contributed by atoms with Crippen LogP contribution in [0.25, 0.3) is 0 Å². The summed E-state index contributed by atoms with van der Waals surface area (Å²) in [5.41, 5.74) is 2.64. The van der Waals surface area contributed by atoms with E-state index in [1.165, 1.54) is 11.1 Å². The van der Waals surface area contributed by atoms with Crippen molar-refractivity contribution in [2.45, 2.75) is 13.8 Å². The molecule has 2 aromatic rings. The molecule has 2 rings (SSSR count).